The van der Waals surface area contributed by atoms with Gasteiger partial charge in [0.25, 0.3) is 0 Å². The van der Waals surface area contributed by atoms with Crippen LogP contribution in [0, 0.1) is 6.92 Å². The van der Waals surface area contributed by atoms with Crippen molar-refractivity contribution in [2.45, 2.75) is 45.1 Å². The SMILES string of the molecule is CCc1ccc(C2(O)CCC2)c(C)c1. The second kappa shape index (κ2) is 3.39. The quantitative estimate of drug-likeness (QED) is 0.760. The average Bonchev–Trinajstić information content (AvgIpc) is 2.14. The molecule has 0 heterocycles. The standard InChI is InChI=1S/C13H18O/c1-3-11-5-6-12(10(2)9-11)13(14)7-4-8-13/h5-6,9,14H,3-4,7-8H2,1-2H3. The molecule has 0 saturated heterocycles. The van der Waals surface area contributed by atoms with E-state index in [4.69, 9.17) is 0 Å². The van der Waals surface area contributed by atoms with Crippen LogP contribution >= 0.6 is 0 Å². The smallest absolute Gasteiger partial charge is 0.0899 e. The van der Waals surface area contributed by atoms with E-state index in [1.807, 2.05) is 0 Å². The first kappa shape index (κ1) is 9.72. The zero-order valence-electron chi connectivity index (χ0n) is 9.01. The third-order valence-corrected chi connectivity index (χ3v) is 3.38. The Hall–Kier alpha value is -0.820. The van der Waals surface area contributed by atoms with Crippen LogP contribution in [-0.2, 0) is 12.0 Å². The van der Waals surface area contributed by atoms with E-state index in [-0.39, 0.29) is 0 Å². The number of aliphatic hydroxyl groups is 1. The molecule has 1 aromatic rings. The molecule has 0 aliphatic heterocycles. The van der Waals surface area contributed by atoms with Gasteiger partial charge in [0, 0.05) is 0 Å². The Bertz CT molecular complexity index is 337. The number of rotatable bonds is 2. The predicted molar refractivity (Wildman–Crippen MR) is 58.3 cm³/mol. The van der Waals surface area contributed by atoms with Crippen LogP contribution in [-0.4, -0.2) is 5.11 Å². The van der Waals surface area contributed by atoms with E-state index in [1.54, 1.807) is 0 Å². The number of hydrogen-bond acceptors (Lipinski definition) is 1. The molecule has 1 nitrogen and oxygen atoms in total. The zero-order valence-corrected chi connectivity index (χ0v) is 9.01. The molecular weight excluding hydrogens is 172 g/mol. The van der Waals surface area contributed by atoms with Crippen molar-refractivity contribution in [3.8, 4) is 0 Å². The summed E-state index contributed by atoms with van der Waals surface area (Å²) in [5, 5.41) is 10.2. The van der Waals surface area contributed by atoms with Crippen LogP contribution in [0.5, 0.6) is 0 Å². The minimum atomic E-state index is -0.504. The molecule has 0 aromatic heterocycles. The van der Waals surface area contributed by atoms with Crippen molar-refractivity contribution in [2.24, 2.45) is 0 Å². The molecule has 1 saturated carbocycles. The normalized spacial score (nSPS) is 19.1. The lowest BCUT2D eigenvalue weighted by molar-refractivity contribution is -0.0393. The van der Waals surface area contributed by atoms with Gasteiger partial charge in [-0.1, -0.05) is 25.1 Å². The molecule has 0 unspecified atom stereocenters. The van der Waals surface area contributed by atoms with Crippen LogP contribution in [0.15, 0.2) is 18.2 Å². The maximum Gasteiger partial charge on any atom is 0.0899 e. The first-order valence-electron chi connectivity index (χ1n) is 5.48. The highest BCUT2D eigenvalue weighted by molar-refractivity contribution is 5.36. The minimum Gasteiger partial charge on any atom is -0.385 e. The van der Waals surface area contributed by atoms with Gasteiger partial charge in [-0.15, -0.1) is 0 Å². The highest BCUT2D eigenvalue weighted by Gasteiger charge is 2.37. The fourth-order valence-corrected chi connectivity index (χ4v) is 2.25. The maximum atomic E-state index is 10.2. The van der Waals surface area contributed by atoms with Gasteiger partial charge in [-0.3, -0.25) is 0 Å². The van der Waals surface area contributed by atoms with E-state index in [0.717, 1.165) is 31.2 Å². The van der Waals surface area contributed by atoms with Crippen molar-refractivity contribution in [1.29, 1.82) is 0 Å². The lowest BCUT2D eigenvalue weighted by atomic mass is 9.73. The fourth-order valence-electron chi connectivity index (χ4n) is 2.25. The predicted octanol–water partition coefficient (Wildman–Crippen LogP) is 2.93. The van der Waals surface area contributed by atoms with Crippen molar-refractivity contribution in [3.63, 3.8) is 0 Å². The van der Waals surface area contributed by atoms with Gasteiger partial charge < -0.3 is 5.11 Å². The molecule has 0 amide bonds. The Morgan fingerprint density at radius 3 is 2.50 bits per heavy atom. The van der Waals surface area contributed by atoms with E-state index in [9.17, 15) is 5.11 Å². The van der Waals surface area contributed by atoms with Crippen LogP contribution in [0.25, 0.3) is 0 Å². The monoisotopic (exact) mass is 190 g/mol. The van der Waals surface area contributed by atoms with Crippen molar-refractivity contribution in [3.05, 3.63) is 34.9 Å². The molecule has 2 rings (SSSR count). The fraction of sp³-hybridized carbons (Fsp3) is 0.538. The van der Waals surface area contributed by atoms with Gasteiger partial charge in [0.05, 0.1) is 5.60 Å². The van der Waals surface area contributed by atoms with Gasteiger partial charge in [0.2, 0.25) is 0 Å². The number of benzene rings is 1. The highest BCUT2D eigenvalue weighted by atomic mass is 16.3. The summed E-state index contributed by atoms with van der Waals surface area (Å²) in [5.41, 5.74) is 3.23. The molecular formula is C13H18O. The summed E-state index contributed by atoms with van der Waals surface area (Å²) in [4.78, 5) is 0. The molecule has 1 aromatic carbocycles. The van der Waals surface area contributed by atoms with Crippen LogP contribution in [0.4, 0.5) is 0 Å². The molecule has 1 aliphatic carbocycles. The topological polar surface area (TPSA) is 20.2 Å². The Labute approximate surface area is 85.8 Å². The maximum absolute atomic E-state index is 10.2. The summed E-state index contributed by atoms with van der Waals surface area (Å²) < 4.78 is 0. The summed E-state index contributed by atoms with van der Waals surface area (Å²) >= 11 is 0. The van der Waals surface area contributed by atoms with Crippen molar-refractivity contribution in [1.82, 2.24) is 0 Å². The molecule has 1 fully saturated rings. The van der Waals surface area contributed by atoms with Crippen molar-refractivity contribution in [2.75, 3.05) is 0 Å². The molecule has 14 heavy (non-hydrogen) atoms. The van der Waals surface area contributed by atoms with Gasteiger partial charge in [-0.2, -0.15) is 0 Å². The largest absolute Gasteiger partial charge is 0.385 e. The first-order chi connectivity index (χ1) is 6.65. The molecule has 1 N–H and O–H groups in total. The third-order valence-electron chi connectivity index (χ3n) is 3.38. The molecule has 0 atom stereocenters. The molecule has 0 radical (unpaired) electrons. The molecule has 1 aliphatic rings. The van der Waals surface area contributed by atoms with Crippen molar-refractivity contribution >= 4 is 0 Å². The Balaban J connectivity index is 2.35. The van der Waals surface area contributed by atoms with Gasteiger partial charge in [-0.05, 0) is 49.3 Å². The zero-order chi connectivity index (χ0) is 10.2. The summed E-state index contributed by atoms with van der Waals surface area (Å²) in [6, 6.07) is 6.44. The average molecular weight is 190 g/mol. The van der Waals surface area contributed by atoms with E-state index in [1.165, 1.54) is 11.1 Å². The van der Waals surface area contributed by atoms with E-state index in [2.05, 4.69) is 32.0 Å². The summed E-state index contributed by atoms with van der Waals surface area (Å²) in [7, 11) is 0. The van der Waals surface area contributed by atoms with Gasteiger partial charge in [0.15, 0.2) is 0 Å². The Kier molecular flexibility index (Phi) is 2.36. The number of hydrogen-bond donors (Lipinski definition) is 1. The van der Waals surface area contributed by atoms with E-state index < -0.39 is 5.60 Å². The lowest BCUT2D eigenvalue weighted by Crippen LogP contribution is -2.34. The van der Waals surface area contributed by atoms with Gasteiger partial charge in [0.1, 0.15) is 0 Å². The van der Waals surface area contributed by atoms with Crippen LogP contribution in [0.2, 0.25) is 0 Å². The van der Waals surface area contributed by atoms with Crippen LogP contribution in [0.3, 0.4) is 0 Å². The summed E-state index contributed by atoms with van der Waals surface area (Å²) in [6.07, 6.45) is 4.09. The highest BCUT2D eigenvalue weighted by Crippen LogP contribution is 2.42. The number of aryl methyl sites for hydroxylation is 2. The van der Waals surface area contributed by atoms with Crippen LogP contribution < -0.4 is 0 Å². The van der Waals surface area contributed by atoms with E-state index in [0.29, 0.717) is 0 Å². The van der Waals surface area contributed by atoms with Gasteiger partial charge in [-0.25, -0.2) is 0 Å². The second-order valence-electron chi connectivity index (χ2n) is 4.39. The van der Waals surface area contributed by atoms with E-state index >= 15 is 0 Å². The van der Waals surface area contributed by atoms with Gasteiger partial charge >= 0.3 is 0 Å². The minimum absolute atomic E-state index is 0.504. The molecule has 0 spiro atoms. The third kappa shape index (κ3) is 1.46. The first-order valence-corrected chi connectivity index (χ1v) is 5.48. The lowest BCUT2D eigenvalue weighted by Gasteiger charge is -2.38. The Morgan fingerprint density at radius 1 is 1.36 bits per heavy atom. The second-order valence-corrected chi connectivity index (χ2v) is 4.39. The van der Waals surface area contributed by atoms with Crippen LogP contribution in [0.1, 0.15) is 42.9 Å². The molecule has 1 heteroatoms. The Morgan fingerprint density at radius 2 is 2.07 bits per heavy atom. The van der Waals surface area contributed by atoms with Crippen molar-refractivity contribution < 1.29 is 5.11 Å². The molecule has 0 bridgehead atoms. The summed E-state index contributed by atoms with van der Waals surface area (Å²) in [6.45, 7) is 4.26. The summed E-state index contributed by atoms with van der Waals surface area (Å²) in [5.74, 6) is 0. The molecule has 76 valence electrons.